The molecule has 9 heteroatoms. The summed E-state index contributed by atoms with van der Waals surface area (Å²) in [6, 6.07) is 15.2. The number of fused-ring (bicyclic) bond motifs is 1. The fourth-order valence-electron chi connectivity index (χ4n) is 4.08. The first-order chi connectivity index (χ1) is 16.1. The molecular formula is C24H25N5O4. The number of rotatable bonds is 6. The van der Waals surface area contributed by atoms with Gasteiger partial charge in [0.05, 0.1) is 12.1 Å². The Bertz CT molecular complexity index is 1310. The highest BCUT2D eigenvalue weighted by atomic mass is 16.5. The monoisotopic (exact) mass is 447 g/mol. The summed E-state index contributed by atoms with van der Waals surface area (Å²) in [6.07, 6.45) is 0.257. The van der Waals surface area contributed by atoms with Crippen LogP contribution in [-0.4, -0.2) is 56.6 Å². The Morgan fingerprint density at radius 3 is 2.58 bits per heavy atom. The number of aromatic nitrogens is 3. The van der Waals surface area contributed by atoms with Gasteiger partial charge in [-0.15, -0.1) is 0 Å². The maximum atomic E-state index is 12.7. The predicted molar refractivity (Wildman–Crippen MR) is 121 cm³/mol. The lowest BCUT2D eigenvalue weighted by Gasteiger charge is -2.34. The molecule has 1 saturated heterocycles. The SMILES string of the molecule is Cc1ccc(-c2noc(CN3CCN(C(=O)CCn4c(=O)oc5ccccc54)CC3)n2)cc1. The average Bonchev–Trinajstić information content (AvgIpc) is 3.42. The molecule has 2 aromatic carbocycles. The molecule has 0 N–H and O–H groups in total. The molecule has 0 unspecified atom stereocenters. The molecule has 9 nitrogen and oxygen atoms in total. The van der Waals surface area contributed by atoms with Crippen molar-refractivity contribution in [2.75, 3.05) is 26.2 Å². The van der Waals surface area contributed by atoms with Crippen LogP contribution in [0.5, 0.6) is 0 Å². The average molecular weight is 447 g/mol. The summed E-state index contributed by atoms with van der Waals surface area (Å²) in [7, 11) is 0. The third-order valence-corrected chi connectivity index (χ3v) is 5.98. The molecule has 1 aliphatic rings. The fourth-order valence-corrected chi connectivity index (χ4v) is 4.08. The predicted octanol–water partition coefficient (Wildman–Crippen LogP) is 2.69. The molecule has 170 valence electrons. The van der Waals surface area contributed by atoms with Gasteiger partial charge in [0.2, 0.25) is 17.6 Å². The summed E-state index contributed by atoms with van der Waals surface area (Å²) in [5.41, 5.74) is 3.36. The number of amides is 1. The minimum absolute atomic E-state index is 0.0336. The van der Waals surface area contributed by atoms with Gasteiger partial charge in [0.15, 0.2) is 5.58 Å². The highest BCUT2D eigenvalue weighted by molar-refractivity contribution is 5.77. The molecule has 0 bridgehead atoms. The Labute approximate surface area is 190 Å². The maximum absolute atomic E-state index is 12.7. The zero-order chi connectivity index (χ0) is 22.8. The number of piperazine rings is 1. The van der Waals surface area contributed by atoms with Crippen LogP contribution in [0, 0.1) is 6.92 Å². The van der Waals surface area contributed by atoms with Gasteiger partial charge in [-0.3, -0.25) is 14.3 Å². The van der Waals surface area contributed by atoms with Crippen molar-refractivity contribution in [2.45, 2.75) is 26.4 Å². The lowest BCUT2D eigenvalue weighted by Crippen LogP contribution is -2.48. The van der Waals surface area contributed by atoms with E-state index >= 15 is 0 Å². The smallest absolute Gasteiger partial charge is 0.408 e. The molecule has 5 rings (SSSR count). The van der Waals surface area contributed by atoms with Crippen molar-refractivity contribution in [2.24, 2.45) is 0 Å². The largest absolute Gasteiger partial charge is 0.419 e. The van der Waals surface area contributed by atoms with Crippen molar-refractivity contribution in [3.05, 3.63) is 70.5 Å². The van der Waals surface area contributed by atoms with Gasteiger partial charge in [0.1, 0.15) is 0 Å². The summed E-state index contributed by atoms with van der Waals surface area (Å²) in [6.45, 7) is 5.59. The van der Waals surface area contributed by atoms with E-state index in [1.54, 1.807) is 6.07 Å². The number of oxazole rings is 1. The summed E-state index contributed by atoms with van der Waals surface area (Å²) < 4.78 is 12.2. The van der Waals surface area contributed by atoms with Crippen molar-refractivity contribution in [3.63, 3.8) is 0 Å². The van der Waals surface area contributed by atoms with E-state index in [4.69, 9.17) is 8.94 Å². The highest BCUT2D eigenvalue weighted by Crippen LogP contribution is 2.18. The first kappa shape index (κ1) is 21.1. The van der Waals surface area contributed by atoms with Crippen molar-refractivity contribution in [3.8, 4) is 11.4 Å². The Morgan fingerprint density at radius 1 is 1.03 bits per heavy atom. The number of carbonyl (C=O) groups excluding carboxylic acids is 1. The van der Waals surface area contributed by atoms with E-state index in [2.05, 4.69) is 15.0 Å². The van der Waals surface area contributed by atoms with Gasteiger partial charge in [-0.2, -0.15) is 4.98 Å². The van der Waals surface area contributed by atoms with Crippen molar-refractivity contribution in [1.29, 1.82) is 0 Å². The molecule has 3 heterocycles. The van der Waals surface area contributed by atoms with Crippen LogP contribution in [0.15, 0.2) is 62.3 Å². The van der Waals surface area contributed by atoms with Crippen LogP contribution in [-0.2, 0) is 17.9 Å². The summed E-state index contributed by atoms with van der Waals surface area (Å²) in [4.78, 5) is 33.4. The van der Waals surface area contributed by atoms with Gasteiger partial charge in [-0.25, -0.2) is 4.79 Å². The summed E-state index contributed by atoms with van der Waals surface area (Å²) in [5.74, 6) is 0.752. The van der Waals surface area contributed by atoms with Gasteiger partial charge in [0.25, 0.3) is 0 Å². The molecule has 33 heavy (non-hydrogen) atoms. The molecule has 0 radical (unpaired) electrons. The maximum Gasteiger partial charge on any atom is 0.419 e. The molecule has 4 aromatic rings. The van der Waals surface area contributed by atoms with Crippen LogP contribution in [0.3, 0.4) is 0 Å². The first-order valence-corrected chi connectivity index (χ1v) is 11.0. The molecule has 1 amide bonds. The molecule has 0 atom stereocenters. The zero-order valence-electron chi connectivity index (χ0n) is 18.4. The Hall–Kier alpha value is -3.72. The number of para-hydroxylation sites is 2. The minimum atomic E-state index is -0.432. The van der Waals surface area contributed by atoms with Crippen molar-refractivity contribution >= 4 is 17.0 Å². The van der Waals surface area contributed by atoms with E-state index in [-0.39, 0.29) is 12.3 Å². The van der Waals surface area contributed by atoms with E-state index in [0.29, 0.717) is 49.0 Å². The lowest BCUT2D eigenvalue weighted by molar-refractivity contribution is -0.133. The molecule has 2 aromatic heterocycles. The second-order valence-corrected chi connectivity index (χ2v) is 8.27. The van der Waals surface area contributed by atoms with Crippen LogP contribution >= 0.6 is 0 Å². The topological polar surface area (TPSA) is 97.6 Å². The van der Waals surface area contributed by atoms with Gasteiger partial charge in [0, 0.05) is 44.7 Å². The third kappa shape index (κ3) is 4.58. The summed E-state index contributed by atoms with van der Waals surface area (Å²) >= 11 is 0. The molecule has 0 saturated carbocycles. The van der Waals surface area contributed by atoms with Gasteiger partial charge < -0.3 is 13.8 Å². The number of hydrogen-bond acceptors (Lipinski definition) is 7. The normalized spacial score (nSPS) is 14.8. The Balaban J connectivity index is 1.13. The number of hydrogen-bond donors (Lipinski definition) is 0. The lowest BCUT2D eigenvalue weighted by atomic mass is 10.1. The Kier molecular flexibility index (Phi) is 5.78. The first-order valence-electron chi connectivity index (χ1n) is 11.0. The van der Waals surface area contributed by atoms with Crippen LogP contribution in [0.25, 0.3) is 22.5 Å². The number of nitrogens with zero attached hydrogens (tertiary/aromatic N) is 5. The Morgan fingerprint density at radius 2 is 1.79 bits per heavy atom. The van der Waals surface area contributed by atoms with Gasteiger partial charge >= 0.3 is 5.76 Å². The van der Waals surface area contributed by atoms with Crippen LogP contribution in [0.2, 0.25) is 0 Å². The summed E-state index contributed by atoms with van der Waals surface area (Å²) in [5, 5.41) is 4.09. The number of aryl methyl sites for hydroxylation is 2. The van der Waals surface area contributed by atoms with Crippen LogP contribution in [0.1, 0.15) is 17.9 Å². The second-order valence-electron chi connectivity index (χ2n) is 8.27. The number of benzene rings is 2. The van der Waals surface area contributed by atoms with Gasteiger partial charge in [-0.05, 0) is 19.1 Å². The van der Waals surface area contributed by atoms with Crippen molar-refractivity contribution < 1.29 is 13.7 Å². The van der Waals surface area contributed by atoms with Crippen LogP contribution < -0.4 is 5.76 Å². The fraction of sp³-hybridized carbons (Fsp3) is 0.333. The number of carbonyl (C=O) groups is 1. The molecule has 0 aliphatic carbocycles. The van der Waals surface area contributed by atoms with E-state index in [0.717, 1.165) is 18.7 Å². The minimum Gasteiger partial charge on any atom is -0.408 e. The van der Waals surface area contributed by atoms with Crippen LogP contribution in [0.4, 0.5) is 0 Å². The van der Waals surface area contributed by atoms with E-state index in [1.165, 1.54) is 10.1 Å². The van der Waals surface area contributed by atoms with E-state index in [9.17, 15) is 9.59 Å². The van der Waals surface area contributed by atoms with E-state index < -0.39 is 5.76 Å². The van der Waals surface area contributed by atoms with Gasteiger partial charge in [-0.1, -0.05) is 47.1 Å². The molecule has 1 fully saturated rings. The highest BCUT2D eigenvalue weighted by Gasteiger charge is 2.23. The molecule has 1 aliphatic heterocycles. The molecule has 0 spiro atoms. The second kappa shape index (κ2) is 9.03. The third-order valence-electron chi connectivity index (χ3n) is 5.98. The standard InChI is InChI=1S/C24H25N5O4/c1-17-6-8-18(9-7-17)23-25-21(33-26-23)16-27-12-14-28(15-13-27)22(30)10-11-29-19-4-2-3-5-20(19)32-24(29)31/h2-9H,10-16H2,1H3. The molecular weight excluding hydrogens is 422 g/mol. The van der Waals surface area contributed by atoms with E-state index in [1.807, 2.05) is 54.3 Å². The zero-order valence-corrected chi connectivity index (χ0v) is 18.4. The quantitative estimate of drug-likeness (QED) is 0.448. The van der Waals surface area contributed by atoms with Crippen molar-refractivity contribution in [1.82, 2.24) is 24.5 Å².